The second-order valence-corrected chi connectivity index (χ2v) is 8.50. The van der Waals surface area contributed by atoms with Crippen molar-refractivity contribution in [1.82, 2.24) is 9.62 Å². The second kappa shape index (κ2) is 6.10. The molecule has 0 bridgehead atoms. The maximum absolute atomic E-state index is 12.7. The Morgan fingerprint density at radius 2 is 2.32 bits per heavy atom. The number of hydrogen-bond acceptors (Lipinski definition) is 4. The standard InChI is InChI=1S/C12H19ClN2O2S2/c1-3-15(10-5-4-6-14-8-10)19(16,17)11-7-9(2)12(13)18-11/h7,10,14H,3-6,8H2,1-2H3. The summed E-state index contributed by atoms with van der Waals surface area (Å²) in [6.45, 7) is 5.90. The van der Waals surface area contributed by atoms with Gasteiger partial charge in [-0.15, -0.1) is 11.3 Å². The van der Waals surface area contributed by atoms with Crippen LogP contribution in [0.5, 0.6) is 0 Å². The summed E-state index contributed by atoms with van der Waals surface area (Å²) in [4.78, 5) is 0. The van der Waals surface area contributed by atoms with Crippen molar-refractivity contribution in [2.45, 2.75) is 36.9 Å². The molecule has 108 valence electrons. The minimum Gasteiger partial charge on any atom is -0.315 e. The van der Waals surface area contributed by atoms with Gasteiger partial charge in [0.15, 0.2) is 0 Å². The highest BCUT2D eigenvalue weighted by Gasteiger charge is 2.32. The van der Waals surface area contributed by atoms with E-state index >= 15 is 0 Å². The molecule has 0 amide bonds. The number of likely N-dealkylation sites (N-methyl/N-ethyl adjacent to an activating group) is 1. The van der Waals surface area contributed by atoms with Crippen LogP contribution in [-0.2, 0) is 10.0 Å². The number of halogens is 1. The van der Waals surface area contributed by atoms with E-state index in [1.165, 1.54) is 0 Å². The number of nitrogens with zero attached hydrogens (tertiary/aromatic N) is 1. The molecule has 1 aromatic rings. The maximum Gasteiger partial charge on any atom is 0.252 e. The molecule has 0 saturated carbocycles. The molecule has 1 atom stereocenters. The fraction of sp³-hybridized carbons (Fsp3) is 0.667. The number of piperidine rings is 1. The van der Waals surface area contributed by atoms with E-state index in [2.05, 4.69) is 5.32 Å². The lowest BCUT2D eigenvalue weighted by molar-refractivity contribution is 0.275. The van der Waals surface area contributed by atoms with E-state index in [0.29, 0.717) is 15.1 Å². The zero-order valence-corrected chi connectivity index (χ0v) is 13.5. The van der Waals surface area contributed by atoms with E-state index < -0.39 is 10.0 Å². The van der Waals surface area contributed by atoms with Gasteiger partial charge in [0.05, 0.1) is 4.34 Å². The average Bonchev–Trinajstić information content (AvgIpc) is 2.72. The molecular weight excluding hydrogens is 304 g/mol. The summed E-state index contributed by atoms with van der Waals surface area (Å²) in [7, 11) is -3.43. The fourth-order valence-electron chi connectivity index (χ4n) is 2.38. The summed E-state index contributed by atoms with van der Waals surface area (Å²) >= 11 is 7.14. The molecule has 1 fully saturated rings. The highest BCUT2D eigenvalue weighted by Crippen LogP contribution is 2.33. The Hall–Kier alpha value is -0.140. The Bertz CT molecular complexity index is 516. The van der Waals surface area contributed by atoms with Gasteiger partial charge in [0.1, 0.15) is 4.21 Å². The van der Waals surface area contributed by atoms with Crippen LogP contribution < -0.4 is 5.32 Å². The number of hydrogen-bond donors (Lipinski definition) is 1. The molecular formula is C12H19ClN2O2S2. The monoisotopic (exact) mass is 322 g/mol. The Balaban J connectivity index is 2.29. The van der Waals surface area contributed by atoms with E-state index in [0.717, 1.165) is 42.8 Å². The predicted octanol–water partition coefficient (Wildman–Crippen LogP) is 2.47. The van der Waals surface area contributed by atoms with Crippen LogP contribution in [0.15, 0.2) is 10.3 Å². The Labute approximate surface area is 123 Å². The van der Waals surface area contributed by atoms with Gasteiger partial charge in [-0.05, 0) is 37.9 Å². The summed E-state index contributed by atoms with van der Waals surface area (Å²) in [5.74, 6) is 0. The molecule has 19 heavy (non-hydrogen) atoms. The lowest BCUT2D eigenvalue weighted by Gasteiger charge is -2.32. The first-order valence-corrected chi connectivity index (χ1v) is 9.08. The fourth-order valence-corrected chi connectivity index (χ4v) is 5.88. The van der Waals surface area contributed by atoms with Crippen molar-refractivity contribution in [3.05, 3.63) is 16.0 Å². The van der Waals surface area contributed by atoms with Crippen LogP contribution in [0.25, 0.3) is 0 Å². The predicted molar refractivity (Wildman–Crippen MR) is 79.5 cm³/mol. The highest BCUT2D eigenvalue weighted by atomic mass is 35.5. The van der Waals surface area contributed by atoms with E-state index in [1.54, 1.807) is 10.4 Å². The van der Waals surface area contributed by atoms with Gasteiger partial charge in [-0.1, -0.05) is 18.5 Å². The Morgan fingerprint density at radius 3 is 2.79 bits per heavy atom. The average molecular weight is 323 g/mol. The van der Waals surface area contributed by atoms with Crippen LogP contribution in [0.3, 0.4) is 0 Å². The van der Waals surface area contributed by atoms with Gasteiger partial charge in [0.2, 0.25) is 0 Å². The first kappa shape index (κ1) is 15.3. The van der Waals surface area contributed by atoms with Crippen LogP contribution in [0.1, 0.15) is 25.3 Å². The van der Waals surface area contributed by atoms with Crippen LogP contribution in [-0.4, -0.2) is 38.4 Å². The van der Waals surface area contributed by atoms with Crippen LogP contribution >= 0.6 is 22.9 Å². The molecule has 0 spiro atoms. The quantitative estimate of drug-likeness (QED) is 0.926. The molecule has 1 saturated heterocycles. The lowest BCUT2D eigenvalue weighted by Crippen LogP contribution is -2.48. The summed E-state index contributed by atoms with van der Waals surface area (Å²) in [6.07, 6.45) is 1.93. The first-order chi connectivity index (χ1) is 8.96. The van der Waals surface area contributed by atoms with Crippen LogP contribution in [0.2, 0.25) is 4.34 Å². The van der Waals surface area contributed by atoms with Crippen molar-refractivity contribution in [3.63, 3.8) is 0 Å². The normalized spacial score (nSPS) is 20.9. The smallest absolute Gasteiger partial charge is 0.252 e. The molecule has 2 heterocycles. The van der Waals surface area contributed by atoms with Gasteiger partial charge >= 0.3 is 0 Å². The molecule has 1 N–H and O–H groups in total. The topological polar surface area (TPSA) is 49.4 Å². The number of rotatable bonds is 4. The Morgan fingerprint density at radius 1 is 1.58 bits per heavy atom. The van der Waals surface area contributed by atoms with Crippen molar-refractivity contribution in [2.24, 2.45) is 0 Å². The minimum absolute atomic E-state index is 0.0462. The van der Waals surface area contributed by atoms with E-state index in [1.807, 2.05) is 13.8 Å². The van der Waals surface area contributed by atoms with Crippen molar-refractivity contribution >= 4 is 33.0 Å². The molecule has 2 rings (SSSR count). The molecule has 1 aromatic heterocycles. The minimum atomic E-state index is -3.43. The highest BCUT2D eigenvalue weighted by molar-refractivity contribution is 7.91. The van der Waals surface area contributed by atoms with Crippen molar-refractivity contribution in [3.8, 4) is 0 Å². The van der Waals surface area contributed by atoms with Crippen LogP contribution in [0.4, 0.5) is 0 Å². The van der Waals surface area contributed by atoms with Crippen molar-refractivity contribution in [1.29, 1.82) is 0 Å². The van der Waals surface area contributed by atoms with Crippen molar-refractivity contribution in [2.75, 3.05) is 19.6 Å². The number of sulfonamides is 1. The van der Waals surface area contributed by atoms with Gasteiger partial charge in [0, 0.05) is 19.1 Å². The molecule has 4 nitrogen and oxygen atoms in total. The largest absolute Gasteiger partial charge is 0.315 e. The van der Waals surface area contributed by atoms with Gasteiger partial charge < -0.3 is 5.32 Å². The summed E-state index contributed by atoms with van der Waals surface area (Å²) in [6, 6.07) is 1.71. The molecule has 0 aliphatic carbocycles. The zero-order valence-electron chi connectivity index (χ0n) is 11.1. The van der Waals surface area contributed by atoms with Gasteiger partial charge in [-0.3, -0.25) is 0 Å². The second-order valence-electron chi connectivity index (χ2n) is 4.73. The van der Waals surface area contributed by atoms with Gasteiger partial charge in [-0.2, -0.15) is 4.31 Å². The number of nitrogens with one attached hydrogen (secondary N) is 1. The van der Waals surface area contributed by atoms with Gasteiger partial charge in [-0.25, -0.2) is 8.42 Å². The molecule has 7 heteroatoms. The molecule has 1 unspecified atom stereocenters. The molecule has 1 aliphatic rings. The third kappa shape index (κ3) is 3.13. The van der Waals surface area contributed by atoms with E-state index in [-0.39, 0.29) is 6.04 Å². The van der Waals surface area contributed by atoms with E-state index in [9.17, 15) is 8.42 Å². The lowest BCUT2D eigenvalue weighted by atomic mass is 10.1. The maximum atomic E-state index is 12.7. The van der Waals surface area contributed by atoms with Crippen LogP contribution in [0, 0.1) is 6.92 Å². The summed E-state index contributed by atoms with van der Waals surface area (Å²) in [5.41, 5.74) is 0.822. The molecule has 0 aromatic carbocycles. The summed E-state index contributed by atoms with van der Waals surface area (Å²) < 4.78 is 27.9. The van der Waals surface area contributed by atoms with Crippen molar-refractivity contribution < 1.29 is 8.42 Å². The third-order valence-corrected chi connectivity index (χ3v) is 7.42. The molecule has 0 radical (unpaired) electrons. The molecule has 1 aliphatic heterocycles. The number of thiophene rings is 1. The van der Waals surface area contributed by atoms with E-state index in [4.69, 9.17) is 11.6 Å². The number of aryl methyl sites for hydroxylation is 1. The first-order valence-electron chi connectivity index (χ1n) is 6.45. The van der Waals surface area contributed by atoms with Gasteiger partial charge in [0.25, 0.3) is 10.0 Å². The SMILES string of the molecule is CCN(C1CCCNC1)S(=O)(=O)c1cc(C)c(Cl)s1. The summed E-state index contributed by atoms with van der Waals surface area (Å²) in [5, 5.41) is 3.26. The Kier molecular flexibility index (Phi) is 4.89. The third-order valence-electron chi connectivity index (χ3n) is 3.39. The zero-order chi connectivity index (χ0) is 14.0.